The van der Waals surface area contributed by atoms with Crippen LogP contribution in [0.1, 0.15) is 32.6 Å². The lowest BCUT2D eigenvalue weighted by Crippen LogP contribution is -2.69. The first-order valence-corrected chi connectivity index (χ1v) is 13.7. The van der Waals surface area contributed by atoms with Crippen LogP contribution in [0.5, 0.6) is 5.75 Å². The van der Waals surface area contributed by atoms with Crippen molar-refractivity contribution in [2.45, 2.75) is 50.3 Å². The summed E-state index contributed by atoms with van der Waals surface area (Å²) in [5.41, 5.74) is -1.48. The number of fused-ring (bicyclic) bond motifs is 2. The predicted octanol–water partition coefficient (Wildman–Crippen LogP) is 1.03. The molecule has 0 spiro atoms. The summed E-state index contributed by atoms with van der Waals surface area (Å²) in [5.74, 6) is 0.0560. The van der Waals surface area contributed by atoms with Crippen molar-refractivity contribution in [1.29, 1.82) is 0 Å². The minimum atomic E-state index is -4.01. The van der Waals surface area contributed by atoms with Crippen molar-refractivity contribution in [3.8, 4) is 5.75 Å². The summed E-state index contributed by atoms with van der Waals surface area (Å²) >= 11 is 0. The summed E-state index contributed by atoms with van der Waals surface area (Å²) in [5, 5.41) is 0. The van der Waals surface area contributed by atoms with E-state index in [-0.39, 0.29) is 58.5 Å². The van der Waals surface area contributed by atoms with E-state index >= 15 is 0 Å². The first-order valence-electron chi connectivity index (χ1n) is 12.3. The number of methoxy groups -OCH3 is 1. The van der Waals surface area contributed by atoms with Crippen LogP contribution in [0.4, 0.5) is 4.79 Å². The van der Waals surface area contributed by atoms with E-state index < -0.39 is 33.9 Å². The molecule has 13 heteroatoms. The van der Waals surface area contributed by atoms with Crippen molar-refractivity contribution in [3.05, 3.63) is 24.5 Å². The summed E-state index contributed by atoms with van der Waals surface area (Å²) in [6.45, 7) is 2.66. The molecule has 12 nitrogen and oxygen atoms in total. The van der Waals surface area contributed by atoms with E-state index in [1.54, 1.807) is 31.5 Å². The summed E-state index contributed by atoms with van der Waals surface area (Å²) in [6, 6.07) is 2.99. The highest BCUT2D eigenvalue weighted by Crippen LogP contribution is 2.43. The van der Waals surface area contributed by atoms with Crippen LogP contribution in [0.2, 0.25) is 0 Å². The summed E-state index contributed by atoms with van der Waals surface area (Å²) in [6.07, 6.45) is 4.33. The van der Waals surface area contributed by atoms with Crippen molar-refractivity contribution in [2.24, 2.45) is 0 Å². The molecule has 2 atom stereocenters. The normalized spacial score (nSPS) is 25.5. The molecule has 2 unspecified atom stereocenters. The maximum Gasteiger partial charge on any atom is 0.409 e. The number of piperazine rings is 1. The highest BCUT2D eigenvalue weighted by molar-refractivity contribution is 7.86. The van der Waals surface area contributed by atoms with Crippen LogP contribution >= 0.6 is 0 Å². The van der Waals surface area contributed by atoms with Gasteiger partial charge in [0.1, 0.15) is 18.5 Å². The third-order valence-corrected chi connectivity index (χ3v) is 9.05. The molecular weight excluding hydrogens is 492 g/mol. The van der Waals surface area contributed by atoms with Crippen molar-refractivity contribution >= 4 is 22.3 Å². The third-order valence-electron chi connectivity index (χ3n) is 6.88. The number of esters is 1. The second-order valence-electron chi connectivity index (χ2n) is 9.14. The van der Waals surface area contributed by atoms with Crippen LogP contribution < -0.4 is 4.74 Å². The Bertz CT molecular complexity index is 1020. The van der Waals surface area contributed by atoms with E-state index in [1.165, 1.54) is 20.6 Å². The van der Waals surface area contributed by atoms with Gasteiger partial charge in [0.2, 0.25) is 0 Å². The number of carbonyl (C=O) groups is 2. The molecule has 3 fully saturated rings. The van der Waals surface area contributed by atoms with Crippen molar-refractivity contribution < 1.29 is 37.0 Å². The Balaban J connectivity index is 1.49. The second-order valence-corrected chi connectivity index (χ2v) is 10.9. The van der Waals surface area contributed by atoms with Gasteiger partial charge in [-0.15, -0.1) is 0 Å². The molecule has 0 aliphatic carbocycles. The Kier molecular flexibility index (Phi) is 8.33. The molecule has 1 aromatic rings. The molecule has 3 aliphatic rings. The van der Waals surface area contributed by atoms with Crippen LogP contribution in [0.3, 0.4) is 0 Å². The van der Waals surface area contributed by atoms with Gasteiger partial charge in [-0.1, -0.05) is 0 Å². The Hall–Kier alpha value is -2.48. The van der Waals surface area contributed by atoms with Gasteiger partial charge >= 0.3 is 12.1 Å². The highest BCUT2D eigenvalue weighted by Gasteiger charge is 2.63. The first kappa shape index (κ1) is 26.6. The number of piperidine rings is 1. The minimum absolute atomic E-state index is 0.0709. The Morgan fingerprint density at radius 1 is 1.11 bits per heavy atom. The number of hydrogen-bond acceptors (Lipinski definition) is 9. The maximum atomic E-state index is 13.9. The van der Waals surface area contributed by atoms with Gasteiger partial charge in [0.15, 0.2) is 5.54 Å². The third kappa shape index (κ3) is 5.29. The number of ether oxygens (including phenoxy) is 4. The van der Waals surface area contributed by atoms with Gasteiger partial charge in [-0.2, -0.15) is 17.0 Å². The zero-order valence-corrected chi connectivity index (χ0v) is 21.5. The molecule has 4 rings (SSSR count). The van der Waals surface area contributed by atoms with Crippen LogP contribution in [0.15, 0.2) is 24.5 Å². The van der Waals surface area contributed by atoms with Crippen LogP contribution in [-0.2, 0) is 29.2 Å². The zero-order valence-electron chi connectivity index (χ0n) is 20.7. The molecule has 36 heavy (non-hydrogen) atoms. The largest absolute Gasteiger partial charge is 0.490 e. The average Bonchev–Trinajstić information content (AvgIpc) is 3.13. The quantitative estimate of drug-likeness (QED) is 0.342. The molecule has 200 valence electrons. The fraction of sp³-hybridized carbons (Fsp3) is 0.696. The van der Waals surface area contributed by atoms with Gasteiger partial charge in [0, 0.05) is 45.2 Å². The van der Waals surface area contributed by atoms with E-state index in [0.717, 1.165) is 0 Å². The van der Waals surface area contributed by atoms with Gasteiger partial charge < -0.3 is 23.8 Å². The predicted molar refractivity (Wildman–Crippen MR) is 127 cm³/mol. The Morgan fingerprint density at radius 2 is 1.83 bits per heavy atom. The Labute approximate surface area is 211 Å². The fourth-order valence-electron chi connectivity index (χ4n) is 5.22. The molecule has 3 saturated heterocycles. The lowest BCUT2D eigenvalue weighted by Gasteiger charge is -2.47. The van der Waals surface area contributed by atoms with Crippen LogP contribution in [0, 0.1) is 0 Å². The number of likely N-dealkylation sites (tertiary alicyclic amines) is 1. The van der Waals surface area contributed by atoms with Crippen molar-refractivity contribution in [1.82, 2.24) is 18.5 Å². The maximum absolute atomic E-state index is 13.9. The molecule has 2 bridgehead atoms. The molecule has 4 heterocycles. The lowest BCUT2D eigenvalue weighted by atomic mass is 9.97. The molecule has 1 amide bonds. The standard InChI is InChI=1S/C23H34N4O8S/c1-3-33-21(28)23-9-4-18(16-25(17-23)22(29)34-15-14-32-2)27(23)36(30,31)26-12-7-20(8-13-26)35-19-5-10-24-11-6-19/h5-6,10-11,18,20H,3-4,7-9,12-17H2,1-2H3. The highest BCUT2D eigenvalue weighted by atomic mass is 32.2. The molecule has 1 aromatic heterocycles. The van der Waals surface area contributed by atoms with Crippen LogP contribution in [0.25, 0.3) is 0 Å². The van der Waals surface area contributed by atoms with Gasteiger partial charge in [-0.05, 0) is 44.7 Å². The minimum Gasteiger partial charge on any atom is -0.490 e. The van der Waals surface area contributed by atoms with Gasteiger partial charge in [0.25, 0.3) is 10.2 Å². The molecule has 3 aliphatic heterocycles. The van der Waals surface area contributed by atoms with E-state index in [0.29, 0.717) is 25.0 Å². The van der Waals surface area contributed by atoms with E-state index in [1.807, 2.05) is 0 Å². The fourth-order valence-corrected chi connectivity index (χ4v) is 7.35. The number of nitrogens with zero attached hydrogens (tertiary/aromatic N) is 4. The van der Waals surface area contributed by atoms with Crippen LogP contribution in [-0.4, -0.2) is 110 Å². The lowest BCUT2D eigenvalue weighted by molar-refractivity contribution is -0.156. The first-order chi connectivity index (χ1) is 17.3. The number of rotatable bonds is 9. The summed E-state index contributed by atoms with van der Waals surface area (Å²) in [4.78, 5) is 31.3. The SMILES string of the molecule is CCOC(=O)C12CCC(CN(C(=O)OCCOC)C1)N2S(=O)(=O)N1CCC(Oc2ccncc2)CC1. The molecule has 0 N–H and O–H groups in total. The number of pyridine rings is 1. The van der Waals surface area contributed by atoms with E-state index in [2.05, 4.69) is 4.98 Å². The number of hydrogen-bond donors (Lipinski definition) is 0. The van der Waals surface area contributed by atoms with E-state index in [9.17, 15) is 18.0 Å². The summed E-state index contributed by atoms with van der Waals surface area (Å²) < 4.78 is 52.0. The topological polar surface area (TPSA) is 128 Å². The number of aromatic nitrogens is 1. The smallest absolute Gasteiger partial charge is 0.409 e. The summed E-state index contributed by atoms with van der Waals surface area (Å²) in [7, 11) is -2.51. The van der Waals surface area contributed by atoms with Gasteiger partial charge in [-0.25, -0.2) is 9.59 Å². The number of amides is 1. The van der Waals surface area contributed by atoms with Crippen molar-refractivity contribution in [2.75, 3.05) is 53.1 Å². The monoisotopic (exact) mass is 526 g/mol. The van der Waals surface area contributed by atoms with Gasteiger partial charge in [-0.3, -0.25) is 4.98 Å². The average molecular weight is 527 g/mol. The zero-order chi connectivity index (χ0) is 25.8. The molecule has 0 radical (unpaired) electrons. The molecule has 0 saturated carbocycles. The van der Waals surface area contributed by atoms with E-state index in [4.69, 9.17) is 18.9 Å². The number of carbonyl (C=O) groups excluding carboxylic acids is 2. The second kappa shape index (κ2) is 11.3. The van der Waals surface area contributed by atoms with Gasteiger partial charge in [0.05, 0.1) is 19.8 Å². The molecule has 0 aromatic carbocycles. The van der Waals surface area contributed by atoms with Crippen molar-refractivity contribution in [3.63, 3.8) is 0 Å². The molecular formula is C23H34N4O8S. The Morgan fingerprint density at radius 3 is 2.50 bits per heavy atom.